The molecule has 4 rings (SSSR count). The third-order valence-electron chi connectivity index (χ3n) is 4.40. The molecule has 1 aromatic heterocycles. The Labute approximate surface area is 145 Å². The van der Waals surface area contributed by atoms with E-state index in [1.807, 2.05) is 0 Å². The van der Waals surface area contributed by atoms with Crippen LogP contribution in [-0.4, -0.2) is 35.4 Å². The first-order valence-corrected chi connectivity index (χ1v) is 8.59. The first-order valence-electron chi connectivity index (χ1n) is 8.59. The highest BCUT2D eigenvalue weighted by Crippen LogP contribution is 2.32. The Morgan fingerprint density at radius 3 is 2.56 bits per heavy atom. The molecule has 2 aromatic rings. The minimum absolute atomic E-state index is 0.270. The van der Waals surface area contributed by atoms with Crippen molar-refractivity contribution in [1.82, 2.24) is 10.2 Å². The van der Waals surface area contributed by atoms with Crippen LogP contribution in [-0.2, 0) is 0 Å². The monoisotopic (exact) mass is 340 g/mol. The smallest absolute Gasteiger partial charge is 0.276 e. The number of aromatic nitrogens is 2. The molecule has 25 heavy (non-hydrogen) atoms. The number of rotatable bonds is 4. The molecule has 130 valence electrons. The van der Waals surface area contributed by atoms with Crippen molar-refractivity contribution in [3.63, 3.8) is 0 Å². The Kier molecular flexibility index (Phi) is 4.37. The van der Waals surface area contributed by atoms with Crippen LogP contribution < -0.4 is 20.1 Å². The van der Waals surface area contributed by atoms with Crippen molar-refractivity contribution in [2.24, 2.45) is 0 Å². The maximum Gasteiger partial charge on any atom is 0.276 e. The molecule has 1 fully saturated rings. The van der Waals surface area contributed by atoms with E-state index < -0.39 is 0 Å². The van der Waals surface area contributed by atoms with Crippen molar-refractivity contribution >= 4 is 17.4 Å². The molecule has 2 aliphatic rings. The fourth-order valence-corrected chi connectivity index (χ4v) is 3.13. The van der Waals surface area contributed by atoms with Gasteiger partial charge in [-0.1, -0.05) is 12.8 Å². The maximum atomic E-state index is 12.3. The molecular weight excluding hydrogens is 320 g/mol. The third-order valence-corrected chi connectivity index (χ3v) is 4.40. The van der Waals surface area contributed by atoms with Gasteiger partial charge in [-0.2, -0.15) is 0 Å². The predicted molar refractivity (Wildman–Crippen MR) is 93.3 cm³/mol. The largest absolute Gasteiger partial charge is 0.486 e. The normalized spacial score (nSPS) is 16.5. The Hall–Kier alpha value is -2.83. The lowest BCUT2D eigenvalue weighted by Gasteiger charge is -2.18. The highest BCUT2D eigenvalue weighted by molar-refractivity contribution is 6.02. The molecule has 1 saturated carbocycles. The van der Waals surface area contributed by atoms with Crippen LogP contribution in [0.25, 0.3) is 0 Å². The zero-order valence-corrected chi connectivity index (χ0v) is 13.8. The van der Waals surface area contributed by atoms with E-state index in [4.69, 9.17) is 9.47 Å². The van der Waals surface area contributed by atoms with Gasteiger partial charge in [0.1, 0.15) is 19.0 Å². The molecule has 1 aliphatic carbocycles. The molecule has 2 heterocycles. The van der Waals surface area contributed by atoms with Crippen molar-refractivity contribution in [2.45, 2.75) is 31.7 Å². The maximum absolute atomic E-state index is 12.3. The summed E-state index contributed by atoms with van der Waals surface area (Å²) in [7, 11) is 0. The summed E-state index contributed by atoms with van der Waals surface area (Å²) in [4.78, 5) is 12.3. The van der Waals surface area contributed by atoms with E-state index in [9.17, 15) is 4.79 Å². The summed E-state index contributed by atoms with van der Waals surface area (Å²) in [5.74, 6) is 1.72. The average molecular weight is 340 g/mol. The molecule has 0 spiro atoms. The highest BCUT2D eigenvalue weighted by atomic mass is 16.6. The summed E-state index contributed by atoms with van der Waals surface area (Å²) in [6.07, 6.45) is 4.82. The van der Waals surface area contributed by atoms with Crippen molar-refractivity contribution < 1.29 is 14.3 Å². The number of carbonyl (C=O) groups is 1. The number of nitrogens with zero attached hydrogens (tertiary/aromatic N) is 2. The van der Waals surface area contributed by atoms with Gasteiger partial charge in [-0.3, -0.25) is 4.79 Å². The minimum Gasteiger partial charge on any atom is -0.486 e. The summed E-state index contributed by atoms with van der Waals surface area (Å²) in [5.41, 5.74) is 0.899. The molecule has 0 saturated heterocycles. The number of nitrogens with one attached hydrogen (secondary N) is 2. The van der Waals surface area contributed by atoms with E-state index >= 15 is 0 Å². The van der Waals surface area contributed by atoms with Gasteiger partial charge in [-0.05, 0) is 37.1 Å². The number of fused-ring (bicyclic) bond motifs is 1. The zero-order chi connectivity index (χ0) is 17.1. The van der Waals surface area contributed by atoms with Crippen LogP contribution in [0.1, 0.15) is 36.2 Å². The lowest BCUT2D eigenvalue weighted by molar-refractivity contribution is 0.102. The van der Waals surface area contributed by atoms with Crippen LogP contribution in [0.3, 0.4) is 0 Å². The number of hydrogen-bond acceptors (Lipinski definition) is 6. The fourth-order valence-electron chi connectivity index (χ4n) is 3.13. The second-order valence-electron chi connectivity index (χ2n) is 6.24. The standard InChI is InChI=1S/C18H20N4O3/c23-18(20-13-5-7-15-16(11-13)25-10-9-24-15)14-6-8-17(22-21-14)19-12-3-1-2-4-12/h5-8,11-12H,1-4,9-10H2,(H,19,22)(H,20,23). The lowest BCUT2D eigenvalue weighted by Crippen LogP contribution is -2.18. The van der Waals surface area contributed by atoms with Gasteiger partial charge in [-0.25, -0.2) is 0 Å². The lowest BCUT2D eigenvalue weighted by atomic mass is 10.2. The van der Waals surface area contributed by atoms with Gasteiger partial charge in [-0.15, -0.1) is 10.2 Å². The molecule has 7 heteroatoms. The van der Waals surface area contributed by atoms with Gasteiger partial charge in [0.05, 0.1) is 0 Å². The van der Waals surface area contributed by atoms with Gasteiger partial charge in [0.25, 0.3) is 5.91 Å². The Bertz CT molecular complexity index is 757. The van der Waals surface area contributed by atoms with Gasteiger partial charge < -0.3 is 20.1 Å². The summed E-state index contributed by atoms with van der Waals surface area (Å²) < 4.78 is 11.0. The molecule has 0 unspecified atom stereocenters. The molecule has 0 bridgehead atoms. The van der Waals surface area contributed by atoms with Crippen molar-refractivity contribution in [2.75, 3.05) is 23.8 Å². The van der Waals surface area contributed by atoms with Gasteiger partial charge in [0.15, 0.2) is 17.2 Å². The molecule has 0 radical (unpaired) electrons. The number of ether oxygens (including phenoxy) is 2. The van der Waals surface area contributed by atoms with Crippen LogP contribution >= 0.6 is 0 Å². The van der Waals surface area contributed by atoms with Crippen molar-refractivity contribution in [1.29, 1.82) is 0 Å². The van der Waals surface area contributed by atoms with Crippen molar-refractivity contribution in [3.8, 4) is 11.5 Å². The van der Waals surface area contributed by atoms with Crippen LogP contribution in [0.2, 0.25) is 0 Å². The molecule has 2 N–H and O–H groups in total. The third kappa shape index (κ3) is 3.65. The quantitative estimate of drug-likeness (QED) is 0.890. The van der Waals surface area contributed by atoms with Crippen molar-refractivity contribution in [3.05, 3.63) is 36.0 Å². The summed E-state index contributed by atoms with van der Waals surface area (Å²) in [6, 6.07) is 9.24. The first kappa shape index (κ1) is 15.7. The molecule has 1 aliphatic heterocycles. The fraction of sp³-hybridized carbons (Fsp3) is 0.389. The Balaban J connectivity index is 1.40. The van der Waals surface area contributed by atoms with Gasteiger partial charge >= 0.3 is 0 Å². The number of amides is 1. The van der Waals surface area contributed by atoms with E-state index in [1.54, 1.807) is 30.3 Å². The molecule has 1 aromatic carbocycles. The van der Waals surface area contributed by atoms with Gasteiger partial charge in [0, 0.05) is 17.8 Å². The number of anilines is 2. The number of carbonyl (C=O) groups excluding carboxylic acids is 1. The van der Waals surface area contributed by atoms with Gasteiger partial charge in [0.2, 0.25) is 0 Å². The average Bonchev–Trinajstić information content (AvgIpc) is 3.15. The summed E-state index contributed by atoms with van der Waals surface area (Å²) in [6.45, 7) is 1.04. The van der Waals surface area contributed by atoms with Crippen LogP contribution in [0.5, 0.6) is 11.5 Å². The minimum atomic E-state index is -0.309. The second kappa shape index (κ2) is 6.96. The molecule has 0 atom stereocenters. The predicted octanol–water partition coefficient (Wildman–Crippen LogP) is 2.85. The number of benzene rings is 1. The Morgan fingerprint density at radius 1 is 1.00 bits per heavy atom. The van der Waals surface area contributed by atoms with E-state index in [0.29, 0.717) is 42.3 Å². The topological polar surface area (TPSA) is 85.4 Å². The zero-order valence-electron chi connectivity index (χ0n) is 13.8. The van der Waals surface area contributed by atoms with E-state index in [0.717, 1.165) is 12.8 Å². The first-order chi connectivity index (χ1) is 12.3. The van der Waals surface area contributed by atoms with Crippen LogP contribution in [0.15, 0.2) is 30.3 Å². The Morgan fingerprint density at radius 2 is 1.80 bits per heavy atom. The molecule has 1 amide bonds. The molecule has 7 nitrogen and oxygen atoms in total. The van der Waals surface area contributed by atoms with Crippen LogP contribution in [0, 0.1) is 0 Å². The highest BCUT2D eigenvalue weighted by Gasteiger charge is 2.16. The summed E-state index contributed by atoms with van der Waals surface area (Å²) >= 11 is 0. The molecular formula is C18H20N4O3. The van der Waals surface area contributed by atoms with E-state index in [-0.39, 0.29) is 11.6 Å². The number of hydrogen-bond donors (Lipinski definition) is 2. The second-order valence-corrected chi connectivity index (χ2v) is 6.24. The van der Waals surface area contributed by atoms with Crippen LogP contribution in [0.4, 0.5) is 11.5 Å². The van der Waals surface area contributed by atoms with E-state index in [2.05, 4.69) is 20.8 Å². The summed E-state index contributed by atoms with van der Waals surface area (Å²) in [5, 5.41) is 14.3. The van der Waals surface area contributed by atoms with E-state index in [1.165, 1.54) is 12.8 Å². The SMILES string of the molecule is O=C(Nc1ccc2c(c1)OCCO2)c1ccc(NC2CCCC2)nn1.